The fourth-order valence-electron chi connectivity index (χ4n) is 3.78. The molecule has 0 radical (unpaired) electrons. The van der Waals surface area contributed by atoms with Gasteiger partial charge in [-0.15, -0.1) is 0 Å². The van der Waals surface area contributed by atoms with Gasteiger partial charge >= 0.3 is 0 Å². The summed E-state index contributed by atoms with van der Waals surface area (Å²) >= 11 is 0. The van der Waals surface area contributed by atoms with Crippen LogP contribution in [0.3, 0.4) is 0 Å². The zero-order chi connectivity index (χ0) is 15.4. The molecule has 0 N–H and O–H groups in total. The number of benzene rings is 1. The first kappa shape index (κ1) is 15.5. The Morgan fingerprint density at radius 3 is 2.55 bits per heavy atom. The molecule has 1 aromatic heterocycles. The normalized spacial score (nSPS) is 16.7. The van der Waals surface area contributed by atoms with E-state index in [9.17, 15) is 0 Å². The number of imidazole rings is 1. The molecule has 1 aliphatic rings. The van der Waals surface area contributed by atoms with Crippen molar-refractivity contribution in [1.82, 2.24) is 14.5 Å². The molecule has 1 fully saturated rings. The fourth-order valence-corrected chi connectivity index (χ4v) is 3.78. The van der Waals surface area contributed by atoms with Crippen LogP contribution in [0, 0.1) is 0 Å². The van der Waals surface area contributed by atoms with Crippen LogP contribution in [0.5, 0.6) is 0 Å². The molecule has 3 heteroatoms. The third-order valence-electron chi connectivity index (χ3n) is 5.19. The molecule has 0 atom stereocenters. The van der Waals surface area contributed by atoms with Crippen molar-refractivity contribution in [2.24, 2.45) is 0 Å². The Bertz CT molecular complexity index is 592. The molecule has 22 heavy (non-hydrogen) atoms. The standard InChI is InChI=1S/C19H29N3/c1-3-21(4-2)14-15-22-18-13-9-8-12-17(18)20-19(22)16-10-6-5-7-11-16/h8-9,12-13,16H,3-7,10-11,14-15H2,1-2H3. The zero-order valence-corrected chi connectivity index (χ0v) is 14.1. The maximum Gasteiger partial charge on any atom is 0.113 e. The lowest BCUT2D eigenvalue weighted by molar-refractivity contribution is 0.288. The monoisotopic (exact) mass is 299 g/mol. The van der Waals surface area contributed by atoms with Crippen LogP contribution in [0.1, 0.15) is 57.7 Å². The van der Waals surface area contributed by atoms with E-state index in [1.165, 1.54) is 49.0 Å². The number of aromatic nitrogens is 2. The van der Waals surface area contributed by atoms with Gasteiger partial charge in [0.25, 0.3) is 0 Å². The first-order valence-electron chi connectivity index (χ1n) is 9.01. The molecule has 0 amide bonds. The van der Waals surface area contributed by atoms with E-state index < -0.39 is 0 Å². The number of likely N-dealkylation sites (N-methyl/N-ethyl adjacent to an activating group) is 1. The lowest BCUT2D eigenvalue weighted by Crippen LogP contribution is -2.28. The molecule has 120 valence electrons. The van der Waals surface area contributed by atoms with Crippen LogP contribution in [0.25, 0.3) is 11.0 Å². The van der Waals surface area contributed by atoms with Gasteiger partial charge in [-0.3, -0.25) is 0 Å². The molecule has 3 rings (SSSR count). The van der Waals surface area contributed by atoms with Crippen LogP contribution in [-0.2, 0) is 6.54 Å². The van der Waals surface area contributed by atoms with Gasteiger partial charge in [0.15, 0.2) is 0 Å². The van der Waals surface area contributed by atoms with Gasteiger partial charge in [0.05, 0.1) is 11.0 Å². The van der Waals surface area contributed by atoms with Gasteiger partial charge in [0.1, 0.15) is 5.82 Å². The third kappa shape index (κ3) is 3.19. The Morgan fingerprint density at radius 1 is 1.09 bits per heavy atom. The van der Waals surface area contributed by atoms with Gasteiger partial charge < -0.3 is 9.47 Å². The van der Waals surface area contributed by atoms with E-state index in [1.54, 1.807) is 0 Å². The summed E-state index contributed by atoms with van der Waals surface area (Å²) in [4.78, 5) is 7.51. The summed E-state index contributed by atoms with van der Waals surface area (Å²) in [6, 6.07) is 8.64. The van der Waals surface area contributed by atoms with Crippen molar-refractivity contribution >= 4 is 11.0 Å². The van der Waals surface area contributed by atoms with Gasteiger partial charge in [-0.1, -0.05) is 45.2 Å². The third-order valence-corrected chi connectivity index (χ3v) is 5.19. The first-order chi connectivity index (χ1) is 10.8. The predicted molar refractivity (Wildman–Crippen MR) is 93.3 cm³/mol. The summed E-state index contributed by atoms with van der Waals surface area (Å²) in [6.45, 7) is 8.93. The van der Waals surface area contributed by atoms with Crippen LogP contribution in [-0.4, -0.2) is 34.1 Å². The second kappa shape index (κ2) is 7.28. The number of hydrogen-bond acceptors (Lipinski definition) is 2. The van der Waals surface area contributed by atoms with E-state index in [4.69, 9.17) is 4.98 Å². The van der Waals surface area contributed by atoms with Crippen molar-refractivity contribution in [3.63, 3.8) is 0 Å². The van der Waals surface area contributed by atoms with Crippen molar-refractivity contribution in [2.75, 3.05) is 19.6 Å². The average molecular weight is 299 g/mol. The number of fused-ring (bicyclic) bond motifs is 1. The van der Waals surface area contributed by atoms with Crippen molar-refractivity contribution in [3.8, 4) is 0 Å². The molecule has 1 aliphatic carbocycles. The molecule has 3 nitrogen and oxygen atoms in total. The van der Waals surface area contributed by atoms with Crippen molar-refractivity contribution in [1.29, 1.82) is 0 Å². The van der Waals surface area contributed by atoms with Crippen LogP contribution in [0.2, 0.25) is 0 Å². The van der Waals surface area contributed by atoms with Gasteiger partial charge in [0, 0.05) is 19.0 Å². The quantitative estimate of drug-likeness (QED) is 0.787. The molecule has 1 aromatic carbocycles. The highest BCUT2D eigenvalue weighted by molar-refractivity contribution is 5.76. The minimum absolute atomic E-state index is 0.665. The lowest BCUT2D eigenvalue weighted by atomic mass is 9.88. The highest BCUT2D eigenvalue weighted by Gasteiger charge is 2.22. The van der Waals surface area contributed by atoms with Crippen LogP contribution < -0.4 is 0 Å². The predicted octanol–water partition coefficient (Wildman–Crippen LogP) is 4.43. The lowest BCUT2D eigenvalue weighted by Gasteiger charge is -2.24. The Hall–Kier alpha value is -1.35. The van der Waals surface area contributed by atoms with Crippen LogP contribution >= 0.6 is 0 Å². The fraction of sp³-hybridized carbons (Fsp3) is 0.632. The average Bonchev–Trinajstić information content (AvgIpc) is 2.95. The highest BCUT2D eigenvalue weighted by Crippen LogP contribution is 2.33. The Balaban J connectivity index is 1.90. The van der Waals surface area contributed by atoms with E-state index in [0.29, 0.717) is 5.92 Å². The van der Waals surface area contributed by atoms with E-state index in [-0.39, 0.29) is 0 Å². The molecule has 1 saturated carbocycles. The summed E-state index contributed by atoms with van der Waals surface area (Å²) in [5.74, 6) is 2.01. The van der Waals surface area contributed by atoms with E-state index >= 15 is 0 Å². The summed E-state index contributed by atoms with van der Waals surface area (Å²) in [6.07, 6.45) is 6.76. The largest absolute Gasteiger partial charge is 0.326 e. The summed E-state index contributed by atoms with van der Waals surface area (Å²) in [5.41, 5.74) is 2.48. The van der Waals surface area contributed by atoms with Gasteiger partial charge in [-0.2, -0.15) is 0 Å². The maximum atomic E-state index is 5.01. The Labute approximate surface area is 134 Å². The Kier molecular flexibility index (Phi) is 5.14. The molecule has 2 aromatic rings. The summed E-state index contributed by atoms with van der Waals surface area (Å²) in [7, 11) is 0. The number of para-hydroxylation sites is 2. The van der Waals surface area contributed by atoms with Crippen LogP contribution in [0.15, 0.2) is 24.3 Å². The van der Waals surface area contributed by atoms with E-state index in [2.05, 4.69) is 47.6 Å². The van der Waals surface area contributed by atoms with Crippen molar-refractivity contribution < 1.29 is 0 Å². The van der Waals surface area contributed by atoms with E-state index in [0.717, 1.165) is 26.2 Å². The Morgan fingerprint density at radius 2 is 1.82 bits per heavy atom. The molecule has 0 saturated heterocycles. The molecule has 0 unspecified atom stereocenters. The van der Waals surface area contributed by atoms with Gasteiger partial charge in [-0.05, 0) is 38.1 Å². The molecular formula is C19H29N3. The number of nitrogens with zero attached hydrogens (tertiary/aromatic N) is 3. The van der Waals surface area contributed by atoms with Gasteiger partial charge in [0.2, 0.25) is 0 Å². The zero-order valence-electron chi connectivity index (χ0n) is 14.1. The molecule has 1 heterocycles. The second-order valence-electron chi connectivity index (χ2n) is 6.47. The maximum absolute atomic E-state index is 5.01. The minimum atomic E-state index is 0.665. The molecule has 0 bridgehead atoms. The number of hydrogen-bond donors (Lipinski definition) is 0. The molecular weight excluding hydrogens is 270 g/mol. The molecule has 0 aliphatic heterocycles. The summed E-state index contributed by atoms with van der Waals surface area (Å²) < 4.78 is 2.50. The van der Waals surface area contributed by atoms with Crippen molar-refractivity contribution in [3.05, 3.63) is 30.1 Å². The van der Waals surface area contributed by atoms with Crippen LogP contribution in [0.4, 0.5) is 0 Å². The SMILES string of the molecule is CCN(CC)CCn1c(C2CCCCC2)nc2ccccc21. The highest BCUT2D eigenvalue weighted by atomic mass is 15.2. The smallest absolute Gasteiger partial charge is 0.113 e. The van der Waals surface area contributed by atoms with Crippen molar-refractivity contribution in [2.45, 2.75) is 58.4 Å². The second-order valence-corrected chi connectivity index (χ2v) is 6.47. The summed E-state index contributed by atoms with van der Waals surface area (Å²) in [5, 5.41) is 0. The van der Waals surface area contributed by atoms with Gasteiger partial charge in [-0.25, -0.2) is 4.98 Å². The molecule has 0 spiro atoms. The van der Waals surface area contributed by atoms with E-state index in [1.807, 2.05) is 0 Å². The number of rotatable bonds is 6. The minimum Gasteiger partial charge on any atom is -0.326 e. The topological polar surface area (TPSA) is 21.1 Å². The first-order valence-corrected chi connectivity index (χ1v) is 9.01.